The summed E-state index contributed by atoms with van der Waals surface area (Å²) in [6.45, 7) is 2.45. The molecule has 3 N–H and O–H groups in total. The van der Waals surface area contributed by atoms with Crippen molar-refractivity contribution in [3.05, 3.63) is 29.8 Å². The third-order valence-corrected chi connectivity index (χ3v) is 4.68. The average Bonchev–Trinajstić information content (AvgIpc) is 2.43. The second kappa shape index (κ2) is 6.13. The van der Waals surface area contributed by atoms with E-state index < -0.39 is 9.84 Å². The molecular weight excluding hydrogens is 292 g/mol. The van der Waals surface area contributed by atoms with Crippen LogP contribution in [0.2, 0.25) is 0 Å². The third-order valence-electron chi connectivity index (χ3n) is 3.57. The highest BCUT2D eigenvalue weighted by molar-refractivity contribution is 7.90. The molecule has 0 saturated heterocycles. The van der Waals surface area contributed by atoms with Gasteiger partial charge in [0, 0.05) is 24.5 Å². The van der Waals surface area contributed by atoms with E-state index in [2.05, 4.69) is 5.32 Å². The van der Waals surface area contributed by atoms with E-state index in [0.29, 0.717) is 18.6 Å². The molecule has 21 heavy (non-hydrogen) atoms. The van der Waals surface area contributed by atoms with E-state index in [4.69, 9.17) is 10.5 Å². The minimum absolute atomic E-state index is 0.0768. The molecule has 1 amide bonds. The molecule has 0 spiro atoms. The summed E-state index contributed by atoms with van der Waals surface area (Å²) in [6.07, 6.45) is 1.74. The van der Waals surface area contributed by atoms with Gasteiger partial charge in [-0.15, -0.1) is 0 Å². The Kier molecular flexibility index (Phi) is 4.65. The Hall–Kier alpha value is -1.44. The van der Waals surface area contributed by atoms with Gasteiger partial charge in [-0.3, -0.25) is 4.79 Å². The molecule has 0 heterocycles. The van der Waals surface area contributed by atoms with Gasteiger partial charge in [-0.1, -0.05) is 6.07 Å². The number of carbonyl (C=O) groups is 1. The monoisotopic (exact) mass is 312 g/mol. The number of hydrogen-bond acceptors (Lipinski definition) is 5. The van der Waals surface area contributed by atoms with Gasteiger partial charge < -0.3 is 15.8 Å². The van der Waals surface area contributed by atoms with Gasteiger partial charge in [0.2, 0.25) is 0 Å². The van der Waals surface area contributed by atoms with Crippen LogP contribution >= 0.6 is 0 Å². The predicted molar refractivity (Wildman–Crippen MR) is 78.8 cm³/mol. The molecule has 3 unspecified atom stereocenters. The van der Waals surface area contributed by atoms with Crippen LogP contribution in [0.3, 0.4) is 0 Å². The molecule has 2 rings (SSSR count). The molecular formula is C14H20N2O4S. The fourth-order valence-corrected chi connectivity index (χ4v) is 3.00. The van der Waals surface area contributed by atoms with Gasteiger partial charge in [0.15, 0.2) is 9.84 Å². The second-order valence-electron chi connectivity index (χ2n) is 5.19. The summed E-state index contributed by atoms with van der Waals surface area (Å²) in [7, 11) is -3.34. The molecule has 1 aliphatic rings. The van der Waals surface area contributed by atoms with Gasteiger partial charge >= 0.3 is 0 Å². The van der Waals surface area contributed by atoms with Crippen molar-refractivity contribution in [2.24, 2.45) is 5.73 Å². The van der Waals surface area contributed by atoms with E-state index in [1.807, 2.05) is 6.92 Å². The van der Waals surface area contributed by atoms with E-state index in [0.717, 1.165) is 6.26 Å². The summed E-state index contributed by atoms with van der Waals surface area (Å²) in [5, 5.41) is 2.81. The maximum Gasteiger partial charge on any atom is 0.251 e. The molecule has 0 bridgehead atoms. The number of ether oxygens (including phenoxy) is 1. The lowest BCUT2D eigenvalue weighted by atomic mass is 9.83. The molecule has 1 fully saturated rings. The first-order chi connectivity index (χ1) is 9.82. The number of carbonyl (C=O) groups excluding carboxylic acids is 1. The molecule has 1 aromatic rings. The first kappa shape index (κ1) is 15.9. The molecule has 0 aromatic heterocycles. The highest BCUT2D eigenvalue weighted by atomic mass is 32.2. The summed E-state index contributed by atoms with van der Waals surface area (Å²) in [4.78, 5) is 12.3. The fourth-order valence-electron chi connectivity index (χ4n) is 2.33. The zero-order valence-electron chi connectivity index (χ0n) is 12.1. The third kappa shape index (κ3) is 3.61. The quantitative estimate of drug-likeness (QED) is 0.816. The number of benzene rings is 1. The van der Waals surface area contributed by atoms with Gasteiger partial charge in [0.1, 0.15) is 0 Å². The highest BCUT2D eigenvalue weighted by Gasteiger charge is 2.40. The van der Waals surface area contributed by atoms with Crippen LogP contribution in [-0.4, -0.2) is 45.4 Å². The number of amides is 1. The van der Waals surface area contributed by atoms with Gasteiger partial charge in [0.25, 0.3) is 5.91 Å². The number of hydrogen-bond donors (Lipinski definition) is 2. The van der Waals surface area contributed by atoms with Gasteiger partial charge in [-0.25, -0.2) is 8.42 Å². The van der Waals surface area contributed by atoms with Crippen LogP contribution in [-0.2, 0) is 14.6 Å². The Morgan fingerprint density at radius 2 is 2.19 bits per heavy atom. The highest BCUT2D eigenvalue weighted by Crippen LogP contribution is 2.23. The van der Waals surface area contributed by atoms with Crippen LogP contribution in [0.25, 0.3) is 0 Å². The Bertz CT molecular complexity index is 628. The van der Waals surface area contributed by atoms with Crippen molar-refractivity contribution in [2.45, 2.75) is 36.4 Å². The lowest BCUT2D eigenvalue weighted by molar-refractivity contribution is -0.0300. The van der Waals surface area contributed by atoms with Crippen LogP contribution in [0.15, 0.2) is 29.2 Å². The summed E-state index contributed by atoms with van der Waals surface area (Å²) in [5.41, 5.74) is 6.18. The van der Waals surface area contributed by atoms with Crippen LogP contribution in [0, 0.1) is 0 Å². The molecule has 3 atom stereocenters. The molecule has 116 valence electrons. The van der Waals surface area contributed by atoms with Gasteiger partial charge in [0.05, 0.1) is 17.0 Å². The van der Waals surface area contributed by atoms with Crippen molar-refractivity contribution in [1.29, 1.82) is 0 Å². The number of rotatable bonds is 5. The normalized spacial score (nSPS) is 25.2. The summed E-state index contributed by atoms with van der Waals surface area (Å²) >= 11 is 0. The molecule has 0 radical (unpaired) electrons. The number of nitrogens with one attached hydrogen (secondary N) is 1. The Balaban J connectivity index is 2.10. The zero-order chi connectivity index (χ0) is 15.6. The molecule has 1 aliphatic carbocycles. The maximum absolute atomic E-state index is 12.2. The van der Waals surface area contributed by atoms with Crippen molar-refractivity contribution >= 4 is 15.7 Å². The van der Waals surface area contributed by atoms with Crippen LogP contribution in [0.4, 0.5) is 0 Å². The largest absolute Gasteiger partial charge is 0.376 e. The minimum atomic E-state index is -3.34. The molecule has 6 nitrogen and oxygen atoms in total. The SMILES string of the molecule is CCOC1CC(N)C1NC(=O)c1cccc(S(C)(=O)=O)c1. The summed E-state index contributed by atoms with van der Waals surface area (Å²) in [5.74, 6) is -0.342. The van der Waals surface area contributed by atoms with E-state index in [-0.39, 0.29) is 29.0 Å². The lowest BCUT2D eigenvalue weighted by Gasteiger charge is -2.42. The zero-order valence-corrected chi connectivity index (χ0v) is 12.9. The van der Waals surface area contributed by atoms with E-state index in [9.17, 15) is 13.2 Å². The minimum Gasteiger partial charge on any atom is -0.376 e. The molecule has 1 saturated carbocycles. The van der Waals surface area contributed by atoms with E-state index in [1.54, 1.807) is 12.1 Å². The first-order valence-electron chi connectivity index (χ1n) is 6.81. The number of nitrogens with two attached hydrogens (primary N) is 1. The van der Waals surface area contributed by atoms with Crippen molar-refractivity contribution in [2.75, 3.05) is 12.9 Å². The smallest absolute Gasteiger partial charge is 0.251 e. The van der Waals surface area contributed by atoms with Crippen molar-refractivity contribution in [1.82, 2.24) is 5.32 Å². The lowest BCUT2D eigenvalue weighted by Crippen LogP contribution is -2.64. The van der Waals surface area contributed by atoms with E-state index >= 15 is 0 Å². The average molecular weight is 312 g/mol. The summed E-state index contributed by atoms with van der Waals surface area (Å²) < 4.78 is 28.5. The Labute approximate surface area is 124 Å². The first-order valence-corrected chi connectivity index (χ1v) is 8.70. The maximum atomic E-state index is 12.2. The standard InChI is InChI=1S/C14H20N2O4S/c1-3-20-12-8-11(15)13(12)16-14(17)9-5-4-6-10(7-9)21(2,18)19/h4-7,11-13H,3,8,15H2,1-2H3,(H,16,17). The van der Waals surface area contributed by atoms with Crippen LogP contribution in [0.5, 0.6) is 0 Å². The topological polar surface area (TPSA) is 98.5 Å². The van der Waals surface area contributed by atoms with Crippen molar-refractivity contribution in [3.63, 3.8) is 0 Å². The van der Waals surface area contributed by atoms with Crippen LogP contribution < -0.4 is 11.1 Å². The van der Waals surface area contributed by atoms with Crippen LogP contribution in [0.1, 0.15) is 23.7 Å². The predicted octanol–water partition coefficient (Wildman–Crippen LogP) is 0.325. The number of sulfone groups is 1. The van der Waals surface area contributed by atoms with E-state index in [1.165, 1.54) is 12.1 Å². The van der Waals surface area contributed by atoms with Gasteiger partial charge in [-0.2, -0.15) is 0 Å². The Morgan fingerprint density at radius 1 is 1.48 bits per heavy atom. The molecule has 0 aliphatic heterocycles. The fraction of sp³-hybridized carbons (Fsp3) is 0.500. The molecule has 7 heteroatoms. The second-order valence-corrected chi connectivity index (χ2v) is 7.21. The Morgan fingerprint density at radius 3 is 2.76 bits per heavy atom. The van der Waals surface area contributed by atoms with Crippen molar-refractivity contribution in [3.8, 4) is 0 Å². The van der Waals surface area contributed by atoms with Gasteiger partial charge in [-0.05, 0) is 31.5 Å². The summed E-state index contributed by atoms with van der Waals surface area (Å²) in [6, 6.07) is 5.58. The molecule has 1 aromatic carbocycles. The van der Waals surface area contributed by atoms with Crippen molar-refractivity contribution < 1.29 is 17.9 Å².